The van der Waals surface area contributed by atoms with Crippen LogP contribution in [0.5, 0.6) is 5.75 Å². The van der Waals surface area contributed by atoms with Crippen molar-refractivity contribution in [2.24, 2.45) is 0 Å². The smallest absolute Gasteiger partial charge is 0.312 e. The van der Waals surface area contributed by atoms with Crippen molar-refractivity contribution in [2.45, 2.75) is 13.5 Å². The Morgan fingerprint density at radius 3 is 2.85 bits per heavy atom. The minimum atomic E-state index is -0.474. The van der Waals surface area contributed by atoms with Gasteiger partial charge in [0, 0.05) is 21.8 Å². The number of hydrogen-bond acceptors (Lipinski definition) is 4. The van der Waals surface area contributed by atoms with Gasteiger partial charge in [-0.25, -0.2) is 0 Å². The van der Waals surface area contributed by atoms with Crippen LogP contribution in [0.2, 0.25) is 5.02 Å². The zero-order valence-corrected chi connectivity index (χ0v) is 12.8. The number of nitrogens with zero attached hydrogens (tertiary/aromatic N) is 2. The SMILES string of the molecule is Cc1cc(Br)cc([N+](=O)[O-])c1OCc1cc(Cl)ccn1. The Bertz CT molecular complexity index is 664. The van der Waals surface area contributed by atoms with Gasteiger partial charge < -0.3 is 4.74 Å². The largest absolute Gasteiger partial charge is 0.480 e. The third kappa shape index (κ3) is 3.46. The lowest BCUT2D eigenvalue weighted by atomic mass is 10.2. The van der Waals surface area contributed by atoms with Gasteiger partial charge in [-0.2, -0.15) is 0 Å². The van der Waals surface area contributed by atoms with Gasteiger partial charge in [-0.3, -0.25) is 15.1 Å². The molecule has 0 unspecified atom stereocenters. The molecule has 2 aromatic rings. The molecular weight excluding hydrogens is 348 g/mol. The quantitative estimate of drug-likeness (QED) is 0.604. The normalized spacial score (nSPS) is 10.3. The predicted molar refractivity (Wildman–Crippen MR) is 79.1 cm³/mol. The second-order valence-corrected chi connectivity index (χ2v) is 5.43. The minimum absolute atomic E-state index is 0.0843. The third-order valence-electron chi connectivity index (χ3n) is 2.56. The van der Waals surface area contributed by atoms with Crippen LogP contribution in [0, 0.1) is 17.0 Å². The van der Waals surface area contributed by atoms with Crippen molar-refractivity contribution >= 4 is 33.2 Å². The van der Waals surface area contributed by atoms with E-state index in [9.17, 15) is 10.1 Å². The molecule has 0 spiro atoms. The number of rotatable bonds is 4. The Kier molecular flexibility index (Phi) is 4.57. The molecule has 0 amide bonds. The molecule has 7 heteroatoms. The predicted octanol–water partition coefficient (Wildman–Crippen LogP) is 4.29. The number of aryl methyl sites for hydroxylation is 1. The van der Waals surface area contributed by atoms with Gasteiger partial charge in [0.15, 0.2) is 0 Å². The summed E-state index contributed by atoms with van der Waals surface area (Å²) in [5.41, 5.74) is 1.20. The van der Waals surface area contributed by atoms with Gasteiger partial charge in [0.25, 0.3) is 0 Å². The maximum atomic E-state index is 11.1. The summed E-state index contributed by atoms with van der Waals surface area (Å²) in [6.07, 6.45) is 1.56. The van der Waals surface area contributed by atoms with E-state index in [1.807, 2.05) is 0 Å². The Morgan fingerprint density at radius 1 is 1.45 bits per heavy atom. The summed E-state index contributed by atoms with van der Waals surface area (Å²) in [4.78, 5) is 14.7. The zero-order chi connectivity index (χ0) is 14.7. The molecule has 0 radical (unpaired) electrons. The number of nitro groups is 1. The first-order valence-corrected chi connectivity index (χ1v) is 6.82. The van der Waals surface area contributed by atoms with Gasteiger partial charge in [0.1, 0.15) is 6.61 Å². The second-order valence-electron chi connectivity index (χ2n) is 4.08. The summed E-state index contributed by atoms with van der Waals surface area (Å²) in [5, 5.41) is 11.6. The van der Waals surface area contributed by atoms with Crippen molar-refractivity contribution in [3.05, 3.63) is 61.3 Å². The standard InChI is InChI=1S/C13H10BrClN2O3/c1-8-4-9(14)5-12(17(18)19)13(8)20-7-11-6-10(15)2-3-16-11/h2-6H,7H2,1H3. The van der Waals surface area contributed by atoms with E-state index in [0.29, 0.717) is 20.8 Å². The fourth-order valence-electron chi connectivity index (χ4n) is 1.71. The molecule has 0 N–H and O–H groups in total. The van der Waals surface area contributed by atoms with E-state index in [1.54, 1.807) is 31.3 Å². The Labute approximate surface area is 128 Å². The molecular formula is C13H10BrClN2O3. The summed E-state index contributed by atoms with van der Waals surface area (Å²) in [5.74, 6) is 0.236. The van der Waals surface area contributed by atoms with E-state index in [2.05, 4.69) is 20.9 Å². The highest BCUT2D eigenvalue weighted by Crippen LogP contribution is 2.34. The van der Waals surface area contributed by atoms with E-state index in [4.69, 9.17) is 16.3 Å². The lowest BCUT2D eigenvalue weighted by Crippen LogP contribution is -2.02. The number of hydrogen-bond donors (Lipinski definition) is 0. The number of aromatic nitrogens is 1. The summed E-state index contributed by atoms with van der Waals surface area (Å²) >= 11 is 9.08. The van der Waals surface area contributed by atoms with Crippen LogP contribution in [0.1, 0.15) is 11.3 Å². The van der Waals surface area contributed by atoms with Crippen LogP contribution < -0.4 is 4.74 Å². The minimum Gasteiger partial charge on any atom is -0.480 e. The van der Waals surface area contributed by atoms with Crippen molar-refractivity contribution in [3.63, 3.8) is 0 Å². The topological polar surface area (TPSA) is 65.3 Å². The summed E-state index contributed by atoms with van der Waals surface area (Å²) in [6.45, 7) is 1.86. The zero-order valence-electron chi connectivity index (χ0n) is 10.5. The molecule has 0 aliphatic heterocycles. The van der Waals surface area contributed by atoms with Crippen LogP contribution in [0.25, 0.3) is 0 Å². The first-order valence-electron chi connectivity index (χ1n) is 5.65. The van der Waals surface area contributed by atoms with Crippen molar-refractivity contribution in [2.75, 3.05) is 0 Å². The fraction of sp³-hybridized carbons (Fsp3) is 0.154. The highest BCUT2D eigenvalue weighted by molar-refractivity contribution is 9.10. The van der Waals surface area contributed by atoms with Crippen LogP contribution in [0.3, 0.4) is 0 Å². The van der Waals surface area contributed by atoms with Crippen LogP contribution in [0.4, 0.5) is 5.69 Å². The van der Waals surface area contributed by atoms with Crippen molar-refractivity contribution in [1.82, 2.24) is 4.98 Å². The molecule has 1 aromatic heterocycles. The van der Waals surface area contributed by atoms with Gasteiger partial charge in [-0.15, -0.1) is 0 Å². The van der Waals surface area contributed by atoms with Gasteiger partial charge in [0.05, 0.1) is 10.6 Å². The second kappa shape index (κ2) is 6.19. The molecule has 0 saturated heterocycles. The molecule has 20 heavy (non-hydrogen) atoms. The number of nitro benzene ring substituents is 1. The molecule has 5 nitrogen and oxygen atoms in total. The number of halogens is 2. The Hall–Kier alpha value is -1.66. The molecule has 0 fully saturated rings. The van der Waals surface area contributed by atoms with Crippen LogP contribution >= 0.6 is 27.5 Å². The maximum Gasteiger partial charge on any atom is 0.312 e. The first-order chi connectivity index (χ1) is 9.47. The molecule has 0 aliphatic carbocycles. The van der Waals surface area contributed by atoms with E-state index >= 15 is 0 Å². The summed E-state index contributed by atoms with van der Waals surface area (Å²) in [6, 6.07) is 6.47. The van der Waals surface area contributed by atoms with Crippen molar-refractivity contribution < 1.29 is 9.66 Å². The van der Waals surface area contributed by atoms with Crippen LogP contribution in [0.15, 0.2) is 34.9 Å². The van der Waals surface area contributed by atoms with E-state index < -0.39 is 4.92 Å². The van der Waals surface area contributed by atoms with Crippen LogP contribution in [-0.4, -0.2) is 9.91 Å². The lowest BCUT2D eigenvalue weighted by Gasteiger charge is -2.10. The molecule has 0 atom stereocenters. The molecule has 104 valence electrons. The Balaban J connectivity index is 2.27. The van der Waals surface area contributed by atoms with Gasteiger partial charge >= 0.3 is 5.69 Å². The average Bonchev–Trinajstić information content (AvgIpc) is 2.36. The van der Waals surface area contributed by atoms with Crippen molar-refractivity contribution in [1.29, 1.82) is 0 Å². The van der Waals surface area contributed by atoms with Gasteiger partial charge in [-0.05, 0) is 30.7 Å². The molecule has 1 heterocycles. The molecule has 0 saturated carbocycles. The van der Waals surface area contributed by atoms with Crippen molar-refractivity contribution in [3.8, 4) is 5.75 Å². The van der Waals surface area contributed by atoms with Gasteiger partial charge in [0.2, 0.25) is 5.75 Å². The summed E-state index contributed by atoms with van der Waals surface area (Å²) in [7, 11) is 0. The highest BCUT2D eigenvalue weighted by Gasteiger charge is 2.19. The monoisotopic (exact) mass is 356 g/mol. The summed E-state index contributed by atoms with van der Waals surface area (Å²) < 4.78 is 6.18. The highest BCUT2D eigenvalue weighted by atomic mass is 79.9. The van der Waals surface area contributed by atoms with E-state index in [-0.39, 0.29) is 18.0 Å². The fourth-order valence-corrected chi connectivity index (χ4v) is 2.45. The Morgan fingerprint density at radius 2 is 2.20 bits per heavy atom. The number of benzene rings is 1. The lowest BCUT2D eigenvalue weighted by molar-refractivity contribution is -0.386. The average molecular weight is 358 g/mol. The van der Waals surface area contributed by atoms with Gasteiger partial charge in [-0.1, -0.05) is 27.5 Å². The molecule has 0 bridgehead atoms. The third-order valence-corrected chi connectivity index (χ3v) is 3.25. The first kappa shape index (κ1) is 14.7. The number of pyridine rings is 1. The molecule has 2 rings (SSSR count). The van der Waals surface area contributed by atoms with Crippen LogP contribution in [-0.2, 0) is 6.61 Å². The van der Waals surface area contributed by atoms with E-state index in [1.165, 1.54) is 6.07 Å². The van der Waals surface area contributed by atoms with E-state index in [0.717, 1.165) is 0 Å². The molecule has 1 aromatic carbocycles. The molecule has 0 aliphatic rings. The maximum absolute atomic E-state index is 11.1. The number of ether oxygens (including phenoxy) is 1.